The average molecular weight is 264 g/mol. The number of nitrogens with zero attached hydrogens (tertiary/aromatic N) is 2. The maximum absolute atomic E-state index is 10.8. The molecule has 0 aliphatic rings. The molecule has 0 fully saturated rings. The van der Waals surface area contributed by atoms with E-state index in [1.807, 2.05) is 20.8 Å². The minimum atomic E-state index is -0.838. The zero-order valence-corrected chi connectivity index (χ0v) is 11.1. The molecule has 0 radical (unpaired) electrons. The highest BCUT2D eigenvalue weighted by molar-refractivity contribution is 5.67. The first-order valence-corrected chi connectivity index (χ1v) is 5.95. The number of rotatable bonds is 5. The third-order valence-electron chi connectivity index (χ3n) is 2.70. The van der Waals surface area contributed by atoms with Crippen molar-refractivity contribution in [1.82, 2.24) is 10.2 Å². The molecule has 6 nitrogen and oxygen atoms in total. The van der Waals surface area contributed by atoms with E-state index in [2.05, 4.69) is 10.2 Å². The molecule has 102 valence electrons. The van der Waals surface area contributed by atoms with Gasteiger partial charge in [0.15, 0.2) is 0 Å². The molecular formula is C13H16N2O4. The summed E-state index contributed by atoms with van der Waals surface area (Å²) in [5.74, 6) is 0.745. The zero-order valence-electron chi connectivity index (χ0n) is 11.1. The Bertz CT molecular complexity index is 583. The fraction of sp³-hybridized carbons (Fsp3) is 0.462. The van der Waals surface area contributed by atoms with Crippen molar-refractivity contribution in [2.75, 3.05) is 0 Å². The van der Waals surface area contributed by atoms with Crippen LogP contribution in [0.5, 0.6) is 0 Å². The summed E-state index contributed by atoms with van der Waals surface area (Å²) in [6, 6.07) is 1.81. The number of aliphatic carboxylic acids is 1. The summed E-state index contributed by atoms with van der Waals surface area (Å²) in [4.78, 5) is 10.8. The van der Waals surface area contributed by atoms with Crippen LogP contribution in [0.15, 0.2) is 21.2 Å². The zero-order chi connectivity index (χ0) is 14.0. The lowest BCUT2D eigenvalue weighted by atomic mass is 9.86. The first kappa shape index (κ1) is 13.3. The van der Waals surface area contributed by atoms with E-state index < -0.39 is 11.4 Å². The number of aryl methyl sites for hydroxylation is 1. The number of hydrogen-bond donors (Lipinski definition) is 1. The standard InChI is InChI=1S/C13H16N2O4/c1-8-4-9(7-18-8)12-15-14-10(19-12)5-13(2,3)6-11(16)17/h4,7H,5-6H2,1-3H3,(H,16,17). The summed E-state index contributed by atoms with van der Waals surface area (Å²) >= 11 is 0. The Morgan fingerprint density at radius 1 is 1.42 bits per heavy atom. The van der Waals surface area contributed by atoms with E-state index in [1.54, 1.807) is 12.3 Å². The van der Waals surface area contributed by atoms with Crippen molar-refractivity contribution in [3.63, 3.8) is 0 Å². The van der Waals surface area contributed by atoms with Gasteiger partial charge in [-0.3, -0.25) is 4.79 Å². The van der Waals surface area contributed by atoms with Crippen molar-refractivity contribution >= 4 is 5.97 Å². The molecule has 0 bridgehead atoms. The Morgan fingerprint density at radius 3 is 2.74 bits per heavy atom. The Hall–Kier alpha value is -2.11. The molecule has 2 aromatic rings. The topological polar surface area (TPSA) is 89.4 Å². The summed E-state index contributed by atoms with van der Waals surface area (Å²) in [5.41, 5.74) is 0.300. The number of furan rings is 1. The lowest BCUT2D eigenvalue weighted by Crippen LogP contribution is -2.19. The summed E-state index contributed by atoms with van der Waals surface area (Å²) in [6.45, 7) is 5.54. The fourth-order valence-electron chi connectivity index (χ4n) is 1.88. The van der Waals surface area contributed by atoms with Gasteiger partial charge in [-0.15, -0.1) is 10.2 Å². The van der Waals surface area contributed by atoms with Crippen LogP contribution in [0, 0.1) is 12.3 Å². The Balaban J connectivity index is 2.11. The smallest absolute Gasteiger partial charge is 0.303 e. The van der Waals surface area contributed by atoms with Gasteiger partial charge < -0.3 is 13.9 Å². The number of carboxylic acids is 1. The van der Waals surface area contributed by atoms with Crippen LogP contribution in [0.2, 0.25) is 0 Å². The molecule has 0 unspecified atom stereocenters. The van der Waals surface area contributed by atoms with Crippen molar-refractivity contribution in [3.05, 3.63) is 24.0 Å². The van der Waals surface area contributed by atoms with E-state index in [1.165, 1.54) is 0 Å². The second-order valence-electron chi connectivity index (χ2n) is 5.36. The number of carboxylic acid groups (broad SMARTS) is 1. The first-order valence-electron chi connectivity index (χ1n) is 5.95. The SMILES string of the molecule is Cc1cc(-c2nnc(CC(C)(C)CC(=O)O)o2)co1. The molecule has 2 heterocycles. The van der Waals surface area contributed by atoms with Gasteiger partial charge in [-0.2, -0.15) is 0 Å². The van der Waals surface area contributed by atoms with E-state index in [9.17, 15) is 4.79 Å². The molecule has 0 saturated heterocycles. The third-order valence-corrected chi connectivity index (χ3v) is 2.70. The molecule has 0 aliphatic carbocycles. The maximum Gasteiger partial charge on any atom is 0.303 e. The van der Waals surface area contributed by atoms with Gasteiger partial charge in [0.25, 0.3) is 5.89 Å². The highest BCUT2D eigenvalue weighted by Crippen LogP contribution is 2.27. The molecule has 2 aromatic heterocycles. The fourth-order valence-corrected chi connectivity index (χ4v) is 1.88. The van der Waals surface area contributed by atoms with E-state index >= 15 is 0 Å². The largest absolute Gasteiger partial charge is 0.481 e. The molecule has 0 aliphatic heterocycles. The van der Waals surface area contributed by atoms with Crippen LogP contribution in [-0.2, 0) is 11.2 Å². The molecule has 0 saturated carbocycles. The van der Waals surface area contributed by atoms with Crippen LogP contribution in [-0.4, -0.2) is 21.3 Å². The van der Waals surface area contributed by atoms with Gasteiger partial charge in [0.05, 0.1) is 12.0 Å². The molecule has 0 aromatic carbocycles. The predicted molar refractivity (Wildman–Crippen MR) is 66.5 cm³/mol. The third kappa shape index (κ3) is 3.43. The second kappa shape index (κ2) is 4.87. The van der Waals surface area contributed by atoms with Crippen molar-refractivity contribution in [3.8, 4) is 11.5 Å². The summed E-state index contributed by atoms with van der Waals surface area (Å²) in [5, 5.41) is 16.7. The lowest BCUT2D eigenvalue weighted by Gasteiger charge is -2.19. The van der Waals surface area contributed by atoms with Crippen LogP contribution >= 0.6 is 0 Å². The lowest BCUT2D eigenvalue weighted by molar-refractivity contribution is -0.139. The van der Waals surface area contributed by atoms with Crippen LogP contribution in [0.25, 0.3) is 11.5 Å². The molecule has 19 heavy (non-hydrogen) atoms. The van der Waals surface area contributed by atoms with E-state index in [0.29, 0.717) is 18.2 Å². The Kier molecular flexibility index (Phi) is 3.42. The van der Waals surface area contributed by atoms with Crippen LogP contribution in [0.3, 0.4) is 0 Å². The van der Waals surface area contributed by atoms with Gasteiger partial charge in [-0.1, -0.05) is 13.8 Å². The first-order chi connectivity index (χ1) is 8.85. The molecule has 0 spiro atoms. The summed E-state index contributed by atoms with van der Waals surface area (Å²) in [6.07, 6.45) is 2.02. The number of hydrogen-bond acceptors (Lipinski definition) is 5. The van der Waals surface area contributed by atoms with Gasteiger partial charge in [0.1, 0.15) is 12.0 Å². The molecule has 2 rings (SSSR count). The predicted octanol–water partition coefficient (Wildman–Crippen LogP) is 2.68. The van der Waals surface area contributed by atoms with Gasteiger partial charge in [0, 0.05) is 6.42 Å². The molecule has 1 N–H and O–H groups in total. The number of carbonyl (C=O) groups is 1. The van der Waals surface area contributed by atoms with Crippen molar-refractivity contribution in [2.45, 2.75) is 33.6 Å². The van der Waals surface area contributed by atoms with Crippen LogP contribution < -0.4 is 0 Å². The second-order valence-corrected chi connectivity index (χ2v) is 5.36. The Morgan fingerprint density at radius 2 is 2.16 bits per heavy atom. The average Bonchev–Trinajstić information content (AvgIpc) is 2.84. The van der Waals surface area contributed by atoms with Crippen molar-refractivity contribution < 1.29 is 18.7 Å². The van der Waals surface area contributed by atoms with Crippen molar-refractivity contribution in [2.24, 2.45) is 5.41 Å². The molecule has 0 atom stereocenters. The summed E-state index contributed by atoms with van der Waals surface area (Å²) in [7, 11) is 0. The van der Waals surface area contributed by atoms with Crippen LogP contribution in [0.4, 0.5) is 0 Å². The highest BCUT2D eigenvalue weighted by Gasteiger charge is 2.25. The van der Waals surface area contributed by atoms with Gasteiger partial charge in [-0.05, 0) is 18.4 Å². The number of aromatic nitrogens is 2. The Labute approximate surface area is 110 Å². The van der Waals surface area contributed by atoms with E-state index in [4.69, 9.17) is 13.9 Å². The summed E-state index contributed by atoms with van der Waals surface area (Å²) < 4.78 is 10.7. The van der Waals surface area contributed by atoms with Gasteiger partial charge in [0.2, 0.25) is 5.89 Å². The van der Waals surface area contributed by atoms with Crippen LogP contribution in [0.1, 0.15) is 31.9 Å². The monoisotopic (exact) mass is 264 g/mol. The molecular weight excluding hydrogens is 248 g/mol. The van der Waals surface area contributed by atoms with Gasteiger partial charge >= 0.3 is 5.97 Å². The van der Waals surface area contributed by atoms with Gasteiger partial charge in [-0.25, -0.2) is 0 Å². The molecule has 6 heteroatoms. The molecule has 0 amide bonds. The minimum absolute atomic E-state index is 0.0511. The van der Waals surface area contributed by atoms with E-state index in [-0.39, 0.29) is 6.42 Å². The highest BCUT2D eigenvalue weighted by atomic mass is 16.4. The van der Waals surface area contributed by atoms with Crippen molar-refractivity contribution in [1.29, 1.82) is 0 Å². The maximum atomic E-state index is 10.8. The quantitative estimate of drug-likeness (QED) is 0.892. The minimum Gasteiger partial charge on any atom is -0.481 e. The van der Waals surface area contributed by atoms with E-state index in [0.717, 1.165) is 11.3 Å². The normalized spacial score (nSPS) is 11.7.